The molecule has 0 amide bonds. The lowest BCUT2D eigenvalue weighted by Crippen LogP contribution is -2.65. The fourth-order valence-electron chi connectivity index (χ4n) is 12.6. The van der Waals surface area contributed by atoms with E-state index in [-0.39, 0.29) is 39.7 Å². The van der Waals surface area contributed by atoms with Crippen molar-refractivity contribution >= 4 is 11.7 Å². The van der Waals surface area contributed by atoms with Crippen LogP contribution in [0.3, 0.4) is 0 Å². The van der Waals surface area contributed by atoms with Crippen LogP contribution in [0.25, 0.3) is 0 Å². The predicted molar refractivity (Wildman–Crippen MR) is 194 cm³/mol. The van der Waals surface area contributed by atoms with Gasteiger partial charge < -0.3 is 15.2 Å². The Morgan fingerprint density at radius 1 is 0.980 bits per heavy atom. The van der Waals surface area contributed by atoms with Crippen LogP contribution in [0.1, 0.15) is 118 Å². The van der Waals surface area contributed by atoms with Crippen LogP contribution in [0, 0.1) is 56.7 Å². The quantitative estimate of drug-likeness (QED) is 0.166. The highest BCUT2D eigenvalue weighted by Gasteiger charge is 2.69. The number of esters is 1. The summed E-state index contributed by atoms with van der Waals surface area (Å²) in [5, 5.41) is 23.1. The van der Waals surface area contributed by atoms with Crippen LogP contribution >= 0.6 is 0 Å². The summed E-state index contributed by atoms with van der Waals surface area (Å²) in [5.41, 5.74) is 3.55. The number of aromatic nitrogens is 3. The molecule has 0 spiro atoms. The van der Waals surface area contributed by atoms with Gasteiger partial charge in [-0.25, -0.2) is 0 Å². The minimum Gasteiger partial charge on any atom is -0.465 e. The molecule has 5 aliphatic rings. The van der Waals surface area contributed by atoms with Crippen molar-refractivity contribution in [2.24, 2.45) is 56.7 Å². The topological polar surface area (TPSA) is 89.3 Å². The maximum atomic E-state index is 14.4. The van der Waals surface area contributed by atoms with Crippen molar-refractivity contribution < 1.29 is 14.6 Å². The lowest BCUT2D eigenvalue weighted by atomic mass is 9.33. The molecule has 7 rings (SSSR count). The number of hydrogen-bond acceptors (Lipinski definition) is 6. The standard InChI is InChI=1S/C42H62N4O3/c1-28-16-21-42(37(48)49-25-11-24-46-27-31(44-45-46)26-43-30-12-9-8-10-13-30)23-22-40(6)32(36(42)29(28)2)14-15-34-39(5)19-18-35(47)38(3,4)33(39)17-20-41(34,40)7/h8-10,12-14,27-29,33-36,43,47H,11,15-26H2,1-7H3/t28-,29+,33?,34-,35+,36+,39+,40-,41-,42+/m1/s1. The lowest BCUT2D eigenvalue weighted by molar-refractivity contribution is -0.207. The number of allylic oxidation sites excluding steroid dienone is 2. The molecule has 1 aromatic heterocycles. The first-order chi connectivity index (χ1) is 23.3. The number of ether oxygens (including phenoxy) is 1. The van der Waals surface area contributed by atoms with Crippen molar-refractivity contribution in [1.82, 2.24) is 15.0 Å². The minimum absolute atomic E-state index is 0.0384. The Morgan fingerprint density at radius 2 is 1.76 bits per heavy atom. The molecule has 7 heteroatoms. The number of aryl methyl sites for hydroxylation is 1. The second kappa shape index (κ2) is 12.5. The maximum Gasteiger partial charge on any atom is 0.312 e. The molecule has 268 valence electrons. The van der Waals surface area contributed by atoms with E-state index in [0.717, 1.165) is 62.7 Å². The number of fused-ring (bicyclic) bond motifs is 7. The zero-order valence-corrected chi connectivity index (χ0v) is 31.3. The molecule has 1 heterocycles. The molecular weight excluding hydrogens is 608 g/mol. The van der Waals surface area contributed by atoms with Crippen LogP contribution in [-0.4, -0.2) is 38.8 Å². The Bertz CT molecular complexity index is 1550. The number of hydrogen-bond donors (Lipinski definition) is 2. The number of rotatable bonds is 8. The second-order valence-corrected chi connectivity index (χ2v) is 18.4. The summed E-state index contributed by atoms with van der Waals surface area (Å²) in [7, 11) is 0. The summed E-state index contributed by atoms with van der Waals surface area (Å²) in [6, 6.07) is 10.1. The Labute approximate surface area is 295 Å². The maximum absolute atomic E-state index is 14.4. The highest BCUT2D eigenvalue weighted by molar-refractivity contribution is 5.79. The second-order valence-electron chi connectivity index (χ2n) is 18.4. The van der Waals surface area contributed by atoms with Crippen molar-refractivity contribution in [2.75, 3.05) is 11.9 Å². The van der Waals surface area contributed by atoms with Gasteiger partial charge in [0.25, 0.3) is 0 Å². The van der Waals surface area contributed by atoms with Gasteiger partial charge in [0.15, 0.2) is 0 Å². The van der Waals surface area contributed by atoms with E-state index >= 15 is 0 Å². The van der Waals surface area contributed by atoms with Crippen molar-refractivity contribution in [3.8, 4) is 0 Å². The fraction of sp³-hybridized carbons (Fsp3) is 0.738. The van der Waals surface area contributed by atoms with Crippen molar-refractivity contribution in [1.29, 1.82) is 0 Å². The molecule has 2 aromatic rings. The van der Waals surface area contributed by atoms with Gasteiger partial charge in [0.2, 0.25) is 0 Å². The lowest BCUT2D eigenvalue weighted by Gasteiger charge is -2.71. The molecule has 5 aliphatic carbocycles. The molecule has 4 saturated carbocycles. The minimum atomic E-state index is -0.429. The molecule has 7 nitrogen and oxygen atoms in total. The third-order valence-corrected chi connectivity index (χ3v) is 16.0. The van der Waals surface area contributed by atoms with E-state index in [9.17, 15) is 9.90 Å². The van der Waals surface area contributed by atoms with Crippen molar-refractivity contribution in [3.05, 3.63) is 53.9 Å². The van der Waals surface area contributed by atoms with Gasteiger partial charge in [-0.15, -0.1) is 5.10 Å². The average molecular weight is 671 g/mol. The predicted octanol–water partition coefficient (Wildman–Crippen LogP) is 8.84. The molecular formula is C42H62N4O3. The number of aliphatic hydroxyl groups is 1. The van der Waals surface area contributed by atoms with Gasteiger partial charge in [0.1, 0.15) is 5.69 Å². The van der Waals surface area contributed by atoms with E-state index in [1.165, 1.54) is 12.8 Å². The average Bonchev–Trinajstić information content (AvgIpc) is 3.54. The highest BCUT2D eigenvalue weighted by Crippen LogP contribution is 2.75. The fourth-order valence-corrected chi connectivity index (χ4v) is 12.6. The SMILES string of the molecule is C[C@H]1[C@H](C)CC[C@]2(C(=O)OCCCn3cc(CNc4ccccc4)nn3)CC[C@]3(C)C(=CC[C@@H]4[C@@]5(C)CC[C@H](O)C(C)(C)C5CC[C@]43C)[C@H]12. The van der Waals surface area contributed by atoms with Gasteiger partial charge in [-0.3, -0.25) is 9.48 Å². The largest absolute Gasteiger partial charge is 0.465 e. The summed E-state index contributed by atoms with van der Waals surface area (Å²) < 4.78 is 8.12. The summed E-state index contributed by atoms with van der Waals surface area (Å²) in [5.74, 6) is 2.46. The molecule has 1 unspecified atom stereocenters. The van der Waals surface area contributed by atoms with Gasteiger partial charge >= 0.3 is 5.97 Å². The summed E-state index contributed by atoms with van der Waals surface area (Å²) in [4.78, 5) is 14.4. The first-order valence-corrected chi connectivity index (χ1v) is 19.5. The van der Waals surface area contributed by atoms with Crippen LogP contribution in [-0.2, 0) is 22.6 Å². The molecule has 0 bridgehead atoms. The van der Waals surface area contributed by atoms with Crippen LogP contribution in [0.2, 0.25) is 0 Å². The molecule has 2 N–H and O–H groups in total. The molecule has 0 aliphatic heterocycles. The Balaban J connectivity index is 1.06. The van der Waals surface area contributed by atoms with Crippen LogP contribution in [0.4, 0.5) is 5.69 Å². The molecule has 1 aromatic carbocycles. The molecule has 49 heavy (non-hydrogen) atoms. The van der Waals surface area contributed by atoms with Gasteiger partial charge in [-0.1, -0.05) is 83.5 Å². The first kappa shape index (κ1) is 34.8. The zero-order valence-electron chi connectivity index (χ0n) is 31.3. The third-order valence-electron chi connectivity index (χ3n) is 16.0. The van der Waals surface area contributed by atoms with Gasteiger partial charge in [-0.2, -0.15) is 0 Å². The molecule has 0 radical (unpaired) electrons. The number of aliphatic hydroxyl groups excluding tert-OH is 1. The number of para-hydroxylation sites is 1. The van der Waals surface area contributed by atoms with Gasteiger partial charge in [-0.05, 0) is 121 Å². The number of carbonyl (C=O) groups is 1. The van der Waals surface area contributed by atoms with E-state index < -0.39 is 5.41 Å². The van der Waals surface area contributed by atoms with Crippen molar-refractivity contribution in [2.45, 2.75) is 132 Å². The Kier molecular flexibility index (Phi) is 8.89. The van der Waals surface area contributed by atoms with Gasteiger partial charge in [0, 0.05) is 18.7 Å². The van der Waals surface area contributed by atoms with E-state index in [0.29, 0.717) is 43.4 Å². The number of nitrogens with one attached hydrogen (secondary N) is 1. The van der Waals surface area contributed by atoms with Crippen LogP contribution in [0.5, 0.6) is 0 Å². The van der Waals surface area contributed by atoms with Crippen molar-refractivity contribution in [3.63, 3.8) is 0 Å². The van der Waals surface area contributed by atoms with E-state index in [1.54, 1.807) is 5.57 Å². The van der Waals surface area contributed by atoms with E-state index in [2.05, 4.69) is 70.2 Å². The monoisotopic (exact) mass is 670 g/mol. The van der Waals surface area contributed by atoms with E-state index in [1.807, 2.05) is 41.2 Å². The van der Waals surface area contributed by atoms with Gasteiger partial charge in [0.05, 0.1) is 30.9 Å². The smallest absolute Gasteiger partial charge is 0.312 e. The molecule has 10 atom stereocenters. The number of anilines is 1. The normalized spacial score (nSPS) is 40.9. The number of carbonyl (C=O) groups excluding carboxylic acids is 1. The first-order valence-electron chi connectivity index (χ1n) is 19.5. The Morgan fingerprint density at radius 3 is 2.53 bits per heavy atom. The van der Waals surface area contributed by atoms with Crippen LogP contribution in [0.15, 0.2) is 48.2 Å². The third kappa shape index (κ3) is 5.42. The molecule has 4 fully saturated rings. The highest BCUT2D eigenvalue weighted by atomic mass is 16.5. The number of benzene rings is 1. The Hall–Kier alpha value is -2.67. The zero-order chi connectivity index (χ0) is 34.8. The molecule has 0 saturated heterocycles. The summed E-state index contributed by atoms with van der Waals surface area (Å²) >= 11 is 0. The summed E-state index contributed by atoms with van der Waals surface area (Å²) in [6.45, 7) is 19.0. The van der Waals surface area contributed by atoms with E-state index in [4.69, 9.17) is 4.74 Å². The van der Waals surface area contributed by atoms with Crippen LogP contribution < -0.4 is 5.32 Å². The number of nitrogens with zero attached hydrogens (tertiary/aromatic N) is 3. The summed E-state index contributed by atoms with van der Waals surface area (Å²) in [6.07, 6.45) is 14.7.